The molecule has 0 aliphatic heterocycles. The molecule has 0 aromatic heterocycles. The Morgan fingerprint density at radius 1 is 1.19 bits per heavy atom. The third-order valence-electron chi connectivity index (χ3n) is 10.5. The number of aliphatic hydroxyl groups is 1. The molecular formula is C32H35BrClFO7. The third kappa shape index (κ3) is 4.13. The van der Waals surface area contributed by atoms with Crippen molar-refractivity contribution in [2.75, 3.05) is 6.61 Å². The number of ketones is 2. The number of hydrogen-bond acceptors (Lipinski definition) is 7. The summed E-state index contributed by atoms with van der Waals surface area (Å²) in [6.07, 6.45) is 1.62. The number of carbonyl (C=O) groups excluding carboxylic acids is 4. The highest BCUT2D eigenvalue weighted by Gasteiger charge is 2.78. The molecule has 0 heterocycles. The average Bonchev–Trinajstić information content (AvgIpc) is 3.18. The fourth-order valence-corrected chi connectivity index (χ4v) is 10.2. The molecule has 4 aliphatic rings. The summed E-state index contributed by atoms with van der Waals surface area (Å²) >= 11 is 11.1. The number of rotatable bonds is 6. The first kappa shape index (κ1) is 31.1. The van der Waals surface area contributed by atoms with Gasteiger partial charge in [-0.2, -0.15) is 0 Å². The molecule has 4 unspecified atom stereocenters. The Labute approximate surface area is 258 Å². The molecule has 4 aliphatic carbocycles. The predicted octanol–water partition coefficient (Wildman–Crippen LogP) is 5.31. The van der Waals surface area contributed by atoms with E-state index in [-0.39, 0.29) is 29.8 Å². The van der Waals surface area contributed by atoms with E-state index in [4.69, 9.17) is 21.1 Å². The Kier molecular flexibility index (Phi) is 7.89. The van der Waals surface area contributed by atoms with Gasteiger partial charge in [-0.15, -0.1) is 11.6 Å². The van der Waals surface area contributed by atoms with Gasteiger partial charge >= 0.3 is 11.9 Å². The number of carbonyl (C=O) groups is 4. The number of halogens is 3. The molecule has 5 rings (SSSR count). The molecule has 10 heteroatoms. The van der Waals surface area contributed by atoms with Gasteiger partial charge in [-0.1, -0.05) is 67.9 Å². The van der Waals surface area contributed by atoms with Gasteiger partial charge in [-0.05, 0) is 48.6 Å². The molecule has 3 saturated carbocycles. The Morgan fingerprint density at radius 3 is 2.50 bits per heavy atom. The number of benzene rings is 1. The molecule has 7 nitrogen and oxygen atoms in total. The maximum Gasteiger partial charge on any atom is 0.339 e. The first-order valence-electron chi connectivity index (χ1n) is 14.3. The van der Waals surface area contributed by atoms with E-state index in [2.05, 4.69) is 15.9 Å². The molecule has 1 aromatic carbocycles. The molecule has 1 aromatic rings. The minimum Gasteiger partial charge on any atom is -0.457 e. The van der Waals surface area contributed by atoms with Crippen molar-refractivity contribution >= 4 is 51.0 Å². The second kappa shape index (κ2) is 10.7. The monoisotopic (exact) mass is 664 g/mol. The molecule has 3 fully saturated rings. The fraction of sp³-hybridized carbons (Fsp3) is 0.562. The summed E-state index contributed by atoms with van der Waals surface area (Å²) in [5.41, 5.74) is -3.80. The quantitative estimate of drug-likeness (QED) is 0.324. The number of allylic oxidation sites excluding steroid dienone is 4. The lowest BCUT2D eigenvalue weighted by Crippen LogP contribution is -2.73. The van der Waals surface area contributed by atoms with Crippen LogP contribution in [0.5, 0.6) is 0 Å². The van der Waals surface area contributed by atoms with Crippen molar-refractivity contribution in [1.82, 2.24) is 0 Å². The van der Waals surface area contributed by atoms with E-state index >= 15 is 4.39 Å². The van der Waals surface area contributed by atoms with Gasteiger partial charge in [0.15, 0.2) is 18.0 Å². The standard InChI is InChI=1S/C32H35BrClFO7/c1-5-24(39)41-16-23(38)32(42-28(40)18-9-7-6-8-10-18)17(2)13-20-25-26(33)27(35)21-14-19(36)11-12-29(21,3)31(25,34)22(37)15-30(20,32)4/h6-12,14,17,20,22,25-27,37H,5,13,15-16H2,1-4H3/t17?,20-,22?,25+,26?,27?,29-,30-,31+,32-/m0/s1. The van der Waals surface area contributed by atoms with Crippen molar-refractivity contribution in [2.24, 2.45) is 28.6 Å². The summed E-state index contributed by atoms with van der Waals surface area (Å²) in [7, 11) is 0. The lowest BCUT2D eigenvalue weighted by atomic mass is 9.45. The second-order valence-corrected chi connectivity index (χ2v) is 14.2. The maximum absolute atomic E-state index is 16.3. The number of fused-ring (bicyclic) bond motifs is 5. The first-order chi connectivity index (χ1) is 19.7. The Bertz CT molecular complexity index is 1380. The molecule has 226 valence electrons. The van der Waals surface area contributed by atoms with E-state index in [0.29, 0.717) is 6.42 Å². The molecule has 0 bridgehead atoms. The van der Waals surface area contributed by atoms with E-state index in [1.165, 1.54) is 12.2 Å². The summed E-state index contributed by atoms with van der Waals surface area (Å²) in [5, 5.41) is 12.0. The third-order valence-corrected chi connectivity index (χ3v) is 12.4. The molecule has 0 saturated heterocycles. The minimum absolute atomic E-state index is 0.0567. The number of hydrogen-bond donors (Lipinski definition) is 1. The maximum atomic E-state index is 16.3. The SMILES string of the molecule is CCC(=O)OCC(=O)[C@@]1(OC(=O)c2ccccc2)C(C)C[C@H]2[C@@H]3C(Br)C(F)C4=CC(=O)C=C[C@]4(C)[C@@]3(Cl)C(O)C[C@@]21C. The van der Waals surface area contributed by atoms with Crippen molar-refractivity contribution in [3.8, 4) is 0 Å². The lowest BCUT2D eigenvalue weighted by Gasteiger charge is -2.65. The van der Waals surface area contributed by atoms with Crippen molar-refractivity contribution in [1.29, 1.82) is 0 Å². The number of alkyl halides is 3. The Balaban J connectivity index is 1.65. The molecule has 0 spiro atoms. The molecule has 1 N–H and O–H groups in total. The van der Waals surface area contributed by atoms with E-state index in [9.17, 15) is 24.3 Å². The second-order valence-electron chi connectivity index (χ2n) is 12.5. The highest BCUT2D eigenvalue weighted by Crippen LogP contribution is 2.73. The van der Waals surface area contributed by atoms with Gasteiger partial charge in [0.2, 0.25) is 5.78 Å². The van der Waals surface area contributed by atoms with Crippen molar-refractivity contribution < 1.29 is 38.1 Å². The summed E-state index contributed by atoms with van der Waals surface area (Å²) in [6, 6.07) is 8.25. The normalized spacial score (nSPS) is 42.1. The zero-order chi connectivity index (χ0) is 30.8. The van der Waals surface area contributed by atoms with Crippen LogP contribution in [-0.4, -0.2) is 62.8 Å². The predicted molar refractivity (Wildman–Crippen MR) is 157 cm³/mol. The topological polar surface area (TPSA) is 107 Å². The summed E-state index contributed by atoms with van der Waals surface area (Å²) in [5.74, 6) is -4.11. The summed E-state index contributed by atoms with van der Waals surface area (Å²) in [4.78, 5) is 49.8. The van der Waals surface area contributed by atoms with Crippen molar-refractivity contribution in [2.45, 2.75) is 74.5 Å². The average molecular weight is 666 g/mol. The zero-order valence-corrected chi connectivity index (χ0v) is 26.3. The van der Waals surface area contributed by atoms with E-state index < -0.39 is 80.5 Å². The summed E-state index contributed by atoms with van der Waals surface area (Å²) in [6.45, 7) is 6.28. The van der Waals surface area contributed by atoms with Gasteiger partial charge in [-0.3, -0.25) is 14.4 Å². The number of aliphatic hydroxyl groups excluding tert-OH is 1. The Hall–Kier alpha value is -2.36. The van der Waals surface area contributed by atoms with Crippen LogP contribution >= 0.6 is 27.5 Å². The van der Waals surface area contributed by atoms with Gasteiger partial charge in [0.05, 0.1) is 21.4 Å². The van der Waals surface area contributed by atoms with Gasteiger partial charge in [0, 0.05) is 29.1 Å². The van der Waals surface area contributed by atoms with Crippen LogP contribution in [0.1, 0.15) is 57.3 Å². The lowest BCUT2D eigenvalue weighted by molar-refractivity contribution is -0.184. The van der Waals surface area contributed by atoms with Gasteiger partial charge in [0.1, 0.15) is 6.17 Å². The van der Waals surface area contributed by atoms with E-state index in [1.54, 1.807) is 64.1 Å². The van der Waals surface area contributed by atoms with Crippen LogP contribution in [0.25, 0.3) is 0 Å². The van der Waals surface area contributed by atoms with Gasteiger partial charge in [-0.25, -0.2) is 9.18 Å². The molecule has 10 atom stereocenters. The van der Waals surface area contributed by atoms with Crippen LogP contribution in [0.3, 0.4) is 0 Å². The van der Waals surface area contributed by atoms with E-state index in [1.807, 2.05) is 0 Å². The van der Waals surface area contributed by atoms with Gasteiger partial charge in [0.25, 0.3) is 0 Å². The van der Waals surface area contributed by atoms with Crippen LogP contribution in [-0.2, 0) is 23.9 Å². The number of Topliss-reactive ketones (excluding diaryl/α,β-unsaturated/α-hetero) is 1. The van der Waals surface area contributed by atoms with E-state index in [0.717, 1.165) is 0 Å². The zero-order valence-electron chi connectivity index (χ0n) is 23.9. The fourth-order valence-electron chi connectivity index (χ4n) is 8.47. The molecule has 42 heavy (non-hydrogen) atoms. The van der Waals surface area contributed by atoms with Crippen LogP contribution in [0.15, 0.2) is 54.1 Å². The largest absolute Gasteiger partial charge is 0.457 e. The highest BCUT2D eigenvalue weighted by atomic mass is 79.9. The smallest absolute Gasteiger partial charge is 0.339 e. The van der Waals surface area contributed by atoms with Crippen molar-refractivity contribution in [3.05, 3.63) is 59.7 Å². The molecular weight excluding hydrogens is 631 g/mol. The number of esters is 2. The summed E-state index contributed by atoms with van der Waals surface area (Å²) < 4.78 is 27.8. The molecule has 0 radical (unpaired) electrons. The molecule has 0 amide bonds. The van der Waals surface area contributed by atoms with Crippen LogP contribution < -0.4 is 0 Å². The van der Waals surface area contributed by atoms with Crippen molar-refractivity contribution in [3.63, 3.8) is 0 Å². The first-order valence-corrected chi connectivity index (χ1v) is 15.6. The van der Waals surface area contributed by atoms with Crippen LogP contribution in [0.4, 0.5) is 4.39 Å². The Morgan fingerprint density at radius 2 is 1.86 bits per heavy atom. The number of ether oxygens (including phenoxy) is 2. The van der Waals surface area contributed by atoms with Gasteiger partial charge < -0.3 is 14.6 Å². The van der Waals surface area contributed by atoms with Crippen LogP contribution in [0.2, 0.25) is 0 Å². The highest BCUT2D eigenvalue weighted by molar-refractivity contribution is 9.09. The van der Waals surface area contributed by atoms with Crippen LogP contribution in [0, 0.1) is 28.6 Å². The minimum atomic E-state index is -1.81.